The van der Waals surface area contributed by atoms with Crippen molar-refractivity contribution in [3.05, 3.63) is 87.6 Å². The van der Waals surface area contributed by atoms with Gasteiger partial charge in [-0.15, -0.1) is 11.3 Å². The molecule has 1 aliphatic rings. The Morgan fingerprint density at radius 1 is 1.10 bits per heavy atom. The van der Waals surface area contributed by atoms with Gasteiger partial charge in [-0.1, -0.05) is 60.7 Å². The van der Waals surface area contributed by atoms with E-state index in [1.165, 1.54) is 33.6 Å². The van der Waals surface area contributed by atoms with Gasteiger partial charge in [-0.2, -0.15) is 0 Å². The number of nitrogens with one attached hydrogen (secondary N) is 1. The maximum atomic E-state index is 12.1. The molecule has 0 aliphatic heterocycles. The van der Waals surface area contributed by atoms with E-state index >= 15 is 0 Å². The van der Waals surface area contributed by atoms with Gasteiger partial charge in [-0.3, -0.25) is 0 Å². The maximum Gasteiger partial charge on any atom is 0.407 e. The number of amides is 1. The largest absolute Gasteiger partial charge is 0.449 e. The number of hydrogen-bond acceptors (Lipinski definition) is 4. The molecular weight excluding hydrogens is 382 g/mol. The summed E-state index contributed by atoms with van der Waals surface area (Å²) >= 11 is 1.54. The van der Waals surface area contributed by atoms with Crippen LogP contribution in [0.15, 0.2) is 66.1 Å². The molecule has 3 aromatic rings. The van der Waals surface area contributed by atoms with Crippen LogP contribution in [0.5, 0.6) is 0 Å². The van der Waals surface area contributed by atoms with Crippen LogP contribution in [0, 0.1) is 0 Å². The van der Waals surface area contributed by atoms with Gasteiger partial charge in [0.25, 0.3) is 0 Å². The summed E-state index contributed by atoms with van der Waals surface area (Å²) in [5.41, 5.74) is 5.94. The molecule has 1 heterocycles. The second kappa shape index (κ2) is 9.07. The lowest BCUT2D eigenvalue weighted by atomic mass is 9.98. The number of fused-ring (bicyclic) bond motifs is 3. The number of rotatable bonds is 7. The fourth-order valence-corrected chi connectivity index (χ4v) is 4.41. The van der Waals surface area contributed by atoms with Crippen LogP contribution >= 0.6 is 11.3 Å². The van der Waals surface area contributed by atoms with Crippen LogP contribution in [0.4, 0.5) is 4.79 Å². The first kappa shape index (κ1) is 19.4. The summed E-state index contributed by atoms with van der Waals surface area (Å²) < 4.78 is 5.52. The number of alkyl carbamates (subject to hydrolysis) is 1. The number of ether oxygens (including phenoxy) is 1. The lowest BCUT2D eigenvalue weighted by Gasteiger charge is -2.14. The van der Waals surface area contributed by atoms with Crippen molar-refractivity contribution in [2.24, 2.45) is 0 Å². The van der Waals surface area contributed by atoms with Gasteiger partial charge in [0.1, 0.15) is 6.61 Å². The third kappa shape index (κ3) is 4.42. The van der Waals surface area contributed by atoms with Crippen LogP contribution in [0.25, 0.3) is 17.2 Å². The number of thiophene rings is 1. The predicted molar refractivity (Wildman–Crippen MR) is 117 cm³/mol. The first-order valence-corrected chi connectivity index (χ1v) is 10.6. The molecule has 4 rings (SSSR count). The molecule has 0 bridgehead atoms. The van der Waals surface area contributed by atoms with Crippen molar-refractivity contribution in [3.8, 4) is 11.1 Å². The van der Waals surface area contributed by atoms with E-state index in [1.807, 2.05) is 47.9 Å². The molecule has 1 aromatic heterocycles. The predicted octanol–water partition coefficient (Wildman–Crippen LogP) is 5.18. The smallest absolute Gasteiger partial charge is 0.407 e. The summed E-state index contributed by atoms with van der Waals surface area (Å²) in [6, 6.07) is 18.6. The Hall–Kier alpha value is -2.89. The zero-order valence-corrected chi connectivity index (χ0v) is 16.8. The third-order valence-corrected chi connectivity index (χ3v) is 6.00. The van der Waals surface area contributed by atoms with E-state index in [9.17, 15) is 4.79 Å². The molecule has 0 saturated carbocycles. The van der Waals surface area contributed by atoms with E-state index in [1.54, 1.807) is 0 Å². The number of carbonyl (C=O) groups excluding carboxylic acids is 1. The Balaban J connectivity index is 1.27. The van der Waals surface area contributed by atoms with Crippen LogP contribution in [0.1, 0.15) is 33.9 Å². The molecule has 1 amide bonds. The summed E-state index contributed by atoms with van der Waals surface area (Å²) in [4.78, 5) is 13.1. The number of aliphatic hydroxyl groups excluding tert-OH is 1. The van der Waals surface area contributed by atoms with Gasteiger partial charge in [-0.05, 0) is 45.7 Å². The van der Waals surface area contributed by atoms with Gasteiger partial charge in [0.2, 0.25) is 0 Å². The Kier molecular flexibility index (Phi) is 6.08. The van der Waals surface area contributed by atoms with Crippen molar-refractivity contribution in [1.82, 2.24) is 5.32 Å². The SMILES string of the molecule is O=C(NCCC=Cc1csc(CO)c1)OCC1c2ccccc2-c2ccccc21. The van der Waals surface area contributed by atoms with E-state index in [-0.39, 0.29) is 12.5 Å². The van der Waals surface area contributed by atoms with Gasteiger partial charge in [0, 0.05) is 17.3 Å². The minimum atomic E-state index is -0.390. The molecule has 0 unspecified atom stereocenters. The van der Waals surface area contributed by atoms with Crippen LogP contribution in [0.2, 0.25) is 0 Å². The van der Waals surface area contributed by atoms with E-state index < -0.39 is 6.09 Å². The second-order valence-electron chi connectivity index (χ2n) is 6.95. The Labute approximate surface area is 174 Å². The minimum absolute atomic E-state index is 0.0713. The van der Waals surface area contributed by atoms with Crippen molar-refractivity contribution in [1.29, 1.82) is 0 Å². The summed E-state index contributed by atoms with van der Waals surface area (Å²) in [6.07, 6.45) is 4.33. The lowest BCUT2D eigenvalue weighted by Crippen LogP contribution is -2.26. The molecule has 148 valence electrons. The monoisotopic (exact) mass is 405 g/mol. The zero-order chi connectivity index (χ0) is 20.1. The number of carbonyl (C=O) groups is 1. The Bertz CT molecular complexity index is 979. The summed E-state index contributed by atoms with van der Waals surface area (Å²) in [6.45, 7) is 0.917. The first-order valence-electron chi connectivity index (χ1n) is 9.70. The standard InChI is InChI=1S/C24H23NO3S/c26-14-18-13-17(16-29-18)7-5-6-12-25-24(27)28-15-23-21-10-3-1-8-19(21)20-9-2-4-11-22(20)23/h1-5,7-11,13,16,23,26H,6,12,14-15H2,(H,25,27). The van der Waals surface area contributed by atoms with Gasteiger partial charge >= 0.3 is 6.09 Å². The fourth-order valence-electron chi connectivity index (χ4n) is 3.69. The van der Waals surface area contributed by atoms with Gasteiger partial charge < -0.3 is 15.2 Å². The Morgan fingerprint density at radius 2 is 1.79 bits per heavy atom. The molecule has 0 atom stereocenters. The normalized spacial score (nSPS) is 12.7. The summed E-state index contributed by atoms with van der Waals surface area (Å²) in [7, 11) is 0. The molecule has 0 fully saturated rings. The number of benzene rings is 2. The quantitative estimate of drug-likeness (QED) is 0.532. The first-order chi connectivity index (χ1) is 14.3. The van der Waals surface area contributed by atoms with Crippen molar-refractivity contribution < 1.29 is 14.6 Å². The third-order valence-electron chi connectivity index (χ3n) is 5.06. The Morgan fingerprint density at radius 3 is 2.45 bits per heavy atom. The van der Waals surface area contributed by atoms with E-state index in [0.29, 0.717) is 19.6 Å². The molecule has 0 spiro atoms. The van der Waals surface area contributed by atoms with Crippen molar-refractivity contribution in [2.75, 3.05) is 13.2 Å². The van der Waals surface area contributed by atoms with Gasteiger partial charge in [-0.25, -0.2) is 4.79 Å². The highest BCUT2D eigenvalue weighted by atomic mass is 32.1. The molecule has 0 saturated heterocycles. The fraction of sp³-hybridized carbons (Fsp3) is 0.208. The van der Waals surface area contributed by atoms with Crippen LogP contribution in [0.3, 0.4) is 0 Å². The molecular formula is C24H23NO3S. The highest BCUT2D eigenvalue weighted by molar-refractivity contribution is 7.10. The summed E-state index contributed by atoms with van der Waals surface area (Å²) in [5.74, 6) is 0.0763. The average molecular weight is 406 g/mol. The molecule has 2 aromatic carbocycles. The molecule has 5 heteroatoms. The molecule has 29 heavy (non-hydrogen) atoms. The summed E-state index contributed by atoms with van der Waals surface area (Å²) in [5, 5.41) is 13.9. The molecule has 4 nitrogen and oxygen atoms in total. The second-order valence-corrected chi connectivity index (χ2v) is 7.94. The molecule has 1 aliphatic carbocycles. The van der Waals surface area contributed by atoms with E-state index in [2.05, 4.69) is 29.6 Å². The van der Waals surface area contributed by atoms with Gasteiger partial charge in [0.05, 0.1) is 6.61 Å². The average Bonchev–Trinajstić information content (AvgIpc) is 3.34. The topological polar surface area (TPSA) is 58.6 Å². The van der Waals surface area contributed by atoms with Crippen LogP contribution in [-0.2, 0) is 11.3 Å². The zero-order valence-electron chi connectivity index (χ0n) is 16.0. The lowest BCUT2D eigenvalue weighted by molar-refractivity contribution is 0.143. The van der Waals surface area contributed by atoms with Gasteiger partial charge in [0.15, 0.2) is 0 Å². The maximum absolute atomic E-state index is 12.1. The van der Waals surface area contributed by atoms with Crippen molar-refractivity contribution in [2.45, 2.75) is 18.9 Å². The minimum Gasteiger partial charge on any atom is -0.449 e. The van der Waals surface area contributed by atoms with Crippen molar-refractivity contribution in [3.63, 3.8) is 0 Å². The van der Waals surface area contributed by atoms with Crippen LogP contribution < -0.4 is 5.32 Å². The van der Waals surface area contributed by atoms with Crippen LogP contribution in [-0.4, -0.2) is 24.4 Å². The highest BCUT2D eigenvalue weighted by Gasteiger charge is 2.28. The van der Waals surface area contributed by atoms with Crippen molar-refractivity contribution >= 4 is 23.5 Å². The van der Waals surface area contributed by atoms with E-state index in [0.717, 1.165) is 10.4 Å². The number of hydrogen-bond donors (Lipinski definition) is 2. The number of aliphatic hydroxyl groups is 1. The highest BCUT2D eigenvalue weighted by Crippen LogP contribution is 2.44. The molecule has 2 N–H and O–H groups in total. The van der Waals surface area contributed by atoms with E-state index in [4.69, 9.17) is 9.84 Å². The molecule has 0 radical (unpaired) electrons.